The zero-order chi connectivity index (χ0) is 30.2. The van der Waals surface area contributed by atoms with Gasteiger partial charge >= 0.3 is 5.97 Å². The third kappa shape index (κ3) is 6.56. The Kier molecular flexibility index (Phi) is 9.40. The van der Waals surface area contributed by atoms with E-state index in [2.05, 4.69) is 11.4 Å². The number of carbonyl (C=O) groups is 2. The third-order valence-corrected chi connectivity index (χ3v) is 8.04. The highest BCUT2D eigenvalue weighted by Crippen LogP contribution is 2.43. The molecule has 6 nitrogen and oxygen atoms in total. The van der Waals surface area contributed by atoms with Crippen LogP contribution in [0.1, 0.15) is 29.5 Å². The molecule has 1 N–H and O–H groups in total. The number of ether oxygens (including phenoxy) is 1. The van der Waals surface area contributed by atoms with Crippen LogP contribution >= 0.6 is 11.8 Å². The topological polar surface area (TPSA) is 82.4 Å². The van der Waals surface area contributed by atoms with Crippen LogP contribution in [0.4, 0.5) is 11.4 Å². The Balaban J connectivity index is 1.58. The van der Waals surface area contributed by atoms with Crippen molar-refractivity contribution < 1.29 is 14.3 Å². The summed E-state index contributed by atoms with van der Waals surface area (Å²) >= 11 is 1.25. The molecular formula is C36H31N3O3S. The third-order valence-electron chi connectivity index (χ3n) is 7.04. The Bertz CT molecular complexity index is 1650. The summed E-state index contributed by atoms with van der Waals surface area (Å²) in [5, 5.41) is 14.4. The highest BCUT2D eigenvalue weighted by Gasteiger charge is 2.37. The number of carbonyl (C=O) groups excluding carboxylic acids is 2. The summed E-state index contributed by atoms with van der Waals surface area (Å²) in [7, 11) is 0. The number of rotatable bonds is 9. The average molecular weight is 586 g/mol. The van der Waals surface area contributed by atoms with E-state index in [1.165, 1.54) is 11.8 Å². The van der Waals surface area contributed by atoms with Crippen LogP contribution in [0.3, 0.4) is 0 Å². The number of nitrogens with one attached hydrogen (secondary N) is 1. The first-order valence-electron chi connectivity index (χ1n) is 14.0. The first kappa shape index (κ1) is 29.4. The molecule has 0 saturated heterocycles. The van der Waals surface area contributed by atoms with E-state index in [0.29, 0.717) is 21.9 Å². The fourth-order valence-corrected chi connectivity index (χ4v) is 5.93. The van der Waals surface area contributed by atoms with Crippen molar-refractivity contribution >= 4 is 40.7 Å². The molecule has 214 valence electrons. The number of thioether (sulfide) groups is 1. The van der Waals surface area contributed by atoms with E-state index in [9.17, 15) is 14.9 Å². The number of aryl methyl sites for hydroxylation is 1. The molecule has 4 aromatic rings. The first-order chi connectivity index (χ1) is 21.0. The zero-order valence-corrected chi connectivity index (χ0v) is 24.8. The van der Waals surface area contributed by atoms with Gasteiger partial charge in [-0.2, -0.15) is 5.26 Å². The fraction of sp³-hybridized carbons (Fsp3) is 0.139. The number of nitrogens with zero attached hydrogens (tertiary/aromatic N) is 2. The minimum absolute atomic E-state index is 0.0503. The number of benzene rings is 4. The molecule has 0 aliphatic carbocycles. The number of anilines is 2. The van der Waals surface area contributed by atoms with E-state index in [0.717, 1.165) is 28.1 Å². The average Bonchev–Trinajstić information content (AvgIpc) is 3.05. The number of esters is 1. The van der Waals surface area contributed by atoms with Crippen LogP contribution in [0.2, 0.25) is 0 Å². The Morgan fingerprint density at radius 2 is 1.42 bits per heavy atom. The molecule has 4 aromatic carbocycles. The number of para-hydroxylation sites is 2. The van der Waals surface area contributed by atoms with Crippen molar-refractivity contribution in [3.05, 3.63) is 148 Å². The Morgan fingerprint density at radius 1 is 0.860 bits per heavy atom. The number of dihydropyridines is 1. The quantitative estimate of drug-likeness (QED) is 0.205. The number of allylic oxidation sites excluding steroid dienone is 1. The number of hydrogen-bond acceptors (Lipinski definition) is 6. The zero-order valence-electron chi connectivity index (χ0n) is 24.0. The van der Waals surface area contributed by atoms with Crippen molar-refractivity contribution in [2.24, 2.45) is 0 Å². The molecular weight excluding hydrogens is 554 g/mol. The lowest BCUT2D eigenvalue weighted by atomic mass is 9.81. The predicted octanol–water partition coefficient (Wildman–Crippen LogP) is 7.49. The van der Waals surface area contributed by atoms with Crippen LogP contribution in [0.25, 0.3) is 5.70 Å². The van der Waals surface area contributed by atoms with Crippen LogP contribution in [0.5, 0.6) is 0 Å². The van der Waals surface area contributed by atoms with Gasteiger partial charge in [0.2, 0.25) is 5.91 Å². The maximum Gasteiger partial charge on any atom is 0.337 e. The normalized spacial score (nSPS) is 14.5. The predicted molar refractivity (Wildman–Crippen MR) is 172 cm³/mol. The second kappa shape index (κ2) is 13.7. The number of nitriles is 1. The molecule has 43 heavy (non-hydrogen) atoms. The molecule has 0 fully saturated rings. The molecule has 1 aliphatic rings. The van der Waals surface area contributed by atoms with Crippen LogP contribution in [-0.2, 0) is 14.3 Å². The largest absolute Gasteiger partial charge is 0.463 e. The van der Waals surface area contributed by atoms with Gasteiger partial charge in [-0.15, -0.1) is 0 Å². The second-order valence-electron chi connectivity index (χ2n) is 9.89. The van der Waals surface area contributed by atoms with Gasteiger partial charge in [0.25, 0.3) is 0 Å². The molecule has 1 unspecified atom stereocenters. The van der Waals surface area contributed by atoms with Gasteiger partial charge in [0, 0.05) is 11.4 Å². The molecule has 7 heteroatoms. The minimum Gasteiger partial charge on any atom is -0.463 e. The van der Waals surface area contributed by atoms with E-state index in [1.807, 2.05) is 122 Å². The monoisotopic (exact) mass is 585 g/mol. The number of hydrogen-bond donors (Lipinski definition) is 1. The SMILES string of the molecule is CCOC(=O)C1=C(c2ccccc2)NC(SCC(=O)N(c2ccccc2)c2ccccc2)=C(C#N)C1c1ccc(C)cc1. The van der Waals surface area contributed by atoms with E-state index in [1.54, 1.807) is 11.8 Å². The summed E-state index contributed by atoms with van der Waals surface area (Å²) in [6.07, 6.45) is 0. The highest BCUT2D eigenvalue weighted by molar-refractivity contribution is 8.03. The van der Waals surface area contributed by atoms with Crippen molar-refractivity contribution in [2.75, 3.05) is 17.3 Å². The Morgan fingerprint density at radius 3 is 1.95 bits per heavy atom. The van der Waals surface area contributed by atoms with Crippen molar-refractivity contribution in [3.8, 4) is 6.07 Å². The summed E-state index contributed by atoms with van der Waals surface area (Å²) < 4.78 is 5.53. The van der Waals surface area contributed by atoms with Crippen LogP contribution in [-0.4, -0.2) is 24.2 Å². The number of amides is 1. The summed E-state index contributed by atoms with van der Waals surface area (Å²) in [6.45, 7) is 3.95. The summed E-state index contributed by atoms with van der Waals surface area (Å²) in [5.41, 5.74) is 5.40. The lowest BCUT2D eigenvalue weighted by Crippen LogP contribution is -2.31. The van der Waals surface area contributed by atoms with Crippen molar-refractivity contribution in [1.82, 2.24) is 5.32 Å². The molecule has 0 radical (unpaired) electrons. The Labute approximate surface area is 256 Å². The summed E-state index contributed by atoms with van der Waals surface area (Å²) in [5.74, 6) is -1.28. The molecule has 1 atom stereocenters. The van der Waals surface area contributed by atoms with E-state index < -0.39 is 11.9 Å². The van der Waals surface area contributed by atoms with Gasteiger partial charge in [0.1, 0.15) is 0 Å². The van der Waals surface area contributed by atoms with E-state index in [4.69, 9.17) is 4.74 Å². The lowest BCUT2D eigenvalue weighted by molar-refractivity contribution is -0.138. The maximum absolute atomic E-state index is 13.9. The maximum atomic E-state index is 13.9. The summed E-state index contributed by atoms with van der Waals surface area (Å²) in [6, 6.07) is 38.6. The molecule has 1 aliphatic heterocycles. The van der Waals surface area contributed by atoms with Gasteiger partial charge in [-0.05, 0) is 49.2 Å². The van der Waals surface area contributed by atoms with Crippen molar-refractivity contribution in [1.29, 1.82) is 5.26 Å². The van der Waals surface area contributed by atoms with Crippen molar-refractivity contribution in [2.45, 2.75) is 19.8 Å². The van der Waals surface area contributed by atoms with Crippen molar-refractivity contribution in [3.63, 3.8) is 0 Å². The minimum atomic E-state index is -0.682. The van der Waals surface area contributed by atoms with Crippen LogP contribution in [0, 0.1) is 18.3 Å². The van der Waals surface area contributed by atoms with Gasteiger partial charge < -0.3 is 10.1 Å². The van der Waals surface area contributed by atoms with Gasteiger partial charge in [0.05, 0.1) is 46.2 Å². The molecule has 1 heterocycles. The first-order valence-corrected chi connectivity index (χ1v) is 15.0. The fourth-order valence-electron chi connectivity index (χ4n) is 5.04. The van der Waals surface area contributed by atoms with Gasteiger partial charge in [-0.3, -0.25) is 9.69 Å². The van der Waals surface area contributed by atoms with Gasteiger partial charge in [-0.1, -0.05) is 108 Å². The van der Waals surface area contributed by atoms with Crippen LogP contribution < -0.4 is 10.2 Å². The van der Waals surface area contributed by atoms with Gasteiger partial charge in [0.15, 0.2) is 0 Å². The van der Waals surface area contributed by atoms with E-state index in [-0.39, 0.29) is 18.3 Å². The summed E-state index contributed by atoms with van der Waals surface area (Å²) in [4.78, 5) is 29.1. The molecule has 0 saturated carbocycles. The Hall–Kier alpha value is -5.06. The lowest BCUT2D eigenvalue weighted by Gasteiger charge is -2.31. The molecule has 5 rings (SSSR count). The second-order valence-corrected chi connectivity index (χ2v) is 10.9. The molecule has 1 amide bonds. The molecule has 0 spiro atoms. The van der Waals surface area contributed by atoms with E-state index >= 15 is 0 Å². The van der Waals surface area contributed by atoms with Crippen LogP contribution in [0.15, 0.2) is 131 Å². The molecule has 0 aromatic heterocycles. The standard InChI is InChI=1S/C36H31N3O3S/c1-3-42-36(41)33-32(26-21-19-25(2)20-22-26)30(23-37)35(38-34(33)27-13-7-4-8-14-27)43-24-31(40)39(28-15-9-5-10-16-28)29-17-11-6-12-18-29/h4-22,32,38H,3,24H2,1-2H3. The molecule has 0 bridgehead atoms. The van der Waals surface area contributed by atoms with Gasteiger partial charge in [-0.25, -0.2) is 4.79 Å². The smallest absolute Gasteiger partial charge is 0.337 e. The highest BCUT2D eigenvalue weighted by atomic mass is 32.2.